The molecule has 1 fully saturated rings. The standard InChI is InChI=1S/C11H20N2O2/c1-3-9(2)11(15)12-6-8-13-7-4-5-10(13)14/h9H,3-8H2,1-2H3,(H,12,15). The zero-order chi connectivity index (χ0) is 11.3. The van der Waals surface area contributed by atoms with Crippen molar-refractivity contribution in [3.8, 4) is 0 Å². The molecule has 86 valence electrons. The molecule has 1 aliphatic rings. The van der Waals surface area contributed by atoms with Crippen LogP contribution in [0.5, 0.6) is 0 Å². The molecule has 1 N–H and O–H groups in total. The minimum atomic E-state index is 0.0688. The minimum absolute atomic E-state index is 0.0688. The fraction of sp³-hybridized carbons (Fsp3) is 0.818. The maximum absolute atomic E-state index is 11.4. The summed E-state index contributed by atoms with van der Waals surface area (Å²) in [6, 6.07) is 0. The molecule has 1 rings (SSSR count). The second-order valence-corrected chi connectivity index (χ2v) is 4.08. The number of hydrogen-bond acceptors (Lipinski definition) is 2. The second kappa shape index (κ2) is 5.73. The van der Waals surface area contributed by atoms with Gasteiger partial charge in [0, 0.05) is 32.0 Å². The van der Waals surface area contributed by atoms with Gasteiger partial charge in [-0.3, -0.25) is 9.59 Å². The van der Waals surface area contributed by atoms with E-state index in [1.54, 1.807) is 0 Å². The number of rotatable bonds is 5. The molecule has 0 radical (unpaired) electrons. The Hall–Kier alpha value is -1.06. The number of nitrogens with zero attached hydrogens (tertiary/aromatic N) is 1. The SMILES string of the molecule is CCC(C)C(=O)NCCN1CCCC1=O. The van der Waals surface area contributed by atoms with Crippen molar-refractivity contribution in [2.24, 2.45) is 5.92 Å². The molecule has 0 spiro atoms. The minimum Gasteiger partial charge on any atom is -0.354 e. The molecule has 4 heteroatoms. The Morgan fingerprint density at radius 3 is 2.87 bits per heavy atom. The normalized spacial score (nSPS) is 18.0. The summed E-state index contributed by atoms with van der Waals surface area (Å²) in [4.78, 5) is 24.5. The maximum Gasteiger partial charge on any atom is 0.222 e. The molecular formula is C11H20N2O2. The zero-order valence-corrected chi connectivity index (χ0v) is 9.58. The fourth-order valence-corrected chi connectivity index (χ4v) is 1.61. The van der Waals surface area contributed by atoms with Gasteiger partial charge in [0.1, 0.15) is 0 Å². The van der Waals surface area contributed by atoms with Crippen molar-refractivity contribution in [2.45, 2.75) is 33.1 Å². The Labute approximate surface area is 91.0 Å². The van der Waals surface area contributed by atoms with Gasteiger partial charge < -0.3 is 10.2 Å². The van der Waals surface area contributed by atoms with Crippen molar-refractivity contribution in [3.05, 3.63) is 0 Å². The first-order chi connectivity index (χ1) is 7.15. The molecule has 0 aliphatic carbocycles. The van der Waals surface area contributed by atoms with Gasteiger partial charge in [0.25, 0.3) is 0 Å². The molecule has 0 bridgehead atoms. The van der Waals surface area contributed by atoms with Gasteiger partial charge in [0.05, 0.1) is 0 Å². The van der Waals surface area contributed by atoms with Gasteiger partial charge >= 0.3 is 0 Å². The number of carbonyl (C=O) groups excluding carboxylic acids is 2. The van der Waals surface area contributed by atoms with Gasteiger partial charge in [0.2, 0.25) is 11.8 Å². The van der Waals surface area contributed by atoms with Crippen LogP contribution in [0.1, 0.15) is 33.1 Å². The van der Waals surface area contributed by atoms with Crippen LogP contribution in [0, 0.1) is 5.92 Å². The summed E-state index contributed by atoms with van der Waals surface area (Å²) in [5, 5.41) is 2.85. The van der Waals surface area contributed by atoms with E-state index in [1.807, 2.05) is 18.7 Å². The lowest BCUT2D eigenvalue weighted by Gasteiger charge is -2.16. The van der Waals surface area contributed by atoms with Gasteiger partial charge in [-0.25, -0.2) is 0 Å². The van der Waals surface area contributed by atoms with Crippen molar-refractivity contribution in [1.29, 1.82) is 0 Å². The highest BCUT2D eigenvalue weighted by atomic mass is 16.2. The average Bonchev–Trinajstić information content (AvgIpc) is 2.63. The highest BCUT2D eigenvalue weighted by Gasteiger charge is 2.19. The van der Waals surface area contributed by atoms with E-state index < -0.39 is 0 Å². The van der Waals surface area contributed by atoms with Crippen LogP contribution in [-0.4, -0.2) is 36.3 Å². The Kier molecular flexibility index (Phi) is 4.59. The second-order valence-electron chi connectivity index (χ2n) is 4.08. The molecule has 1 aliphatic heterocycles. The number of nitrogens with one attached hydrogen (secondary N) is 1. The molecule has 1 atom stereocenters. The van der Waals surface area contributed by atoms with Gasteiger partial charge in [-0.05, 0) is 12.8 Å². The Bertz CT molecular complexity index is 241. The predicted molar refractivity (Wildman–Crippen MR) is 58.3 cm³/mol. The molecule has 15 heavy (non-hydrogen) atoms. The van der Waals surface area contributed by atoms with E-state index >= 15 is 0 Å². The number of likely N-dealkylation sites (tertiary alicyclic amines) is 1. The molecule has 0 aromatic carbocycles. The molecule has 1 unspecified atom stereocenters. The third kappa shape index (κ3) is 3.53. The fourth-order valence-electron chi connectivity index (χ4n) is 1.61. The number of carbonyl (C=O) groups is 2. The van der Waals surface area contributed by atoms with E-state index in [1.165, 1.54) is 0 Å². The Morgan fingerprint density at radius 1 is 1.60 bits per heavy atom. The molecule has 1 saturated heterocycles. The van der Waals surface area contributed by atoms with Crippen LogP contribution < -0.4 is 5.32 Å². The molecule has 0 aromatic heterocycles. The van der Waals surface area contributed by atoms with Gasteiger partial charge in [0.15, 0.2) is 0 Å². The van der Waals surface area contributed by atoms with Gasteiger partial charge in [-0.15, -0.1) is 0 Å². The lowest BCUT2D eigenvalue weighted by molar-refractivity contribution is -0.129. The zero-order valence-electron chi connectivity index (χ0n) is 9.58. The summed E-state index contributed by atoms with van der Waals surface area (Å²) in [7, 11) is 0. The number of amides is 2. The van der Waals surface area contributed by atoms with Crippen LogP contribution in [0.25, 0.3) is 0 Å². The quantitative estimate of drug-likeness (QED) is 0.732. The first kappa shape index (κ1) is 12.0. The van der Waals surface area contributed by atoms with E-state index in [9.17, 15) is 9.59 Å². The summed E-state index contributed by atoms with van der Waals surface area (Å²) < 4.78 is 0. The average molecular weight is 212 g/mol. The Morgan fingerprint density at radius 2 is 2.33 bits per heavy atom. The molecule has 1 heterocycles. The molecule has 0 saturated carbocycles. The largest absolute Gasteiger partial charge is 0.354 e. The summed E-state index contributed by atoms with van der Waals surface area (Å²) in [6.45, 7) is 5.98. The molecule has 2 amide bonds. The summed E-state index contributed by atoms with van der Waals surface area (Å²) in [6.07, 6.45) is 2.48. The van der Waals surface area contributed by atoms with Crippen molar-refractivity contribution in [1.82, 2.24) is 10.2 Å². The smallest absolute Gasteiger partial charge is 0.222 e. The van der Waals surface area contributed by atoms with Crippen LogP contribution in [0.15, 0.2) is 0 Å². The van der Waals surface area contributed by atoms with Crippen LogP contribution in [0.2, 0.25) is 0 Å². The predicted octanol–water partition coefficient (Wildman–Crippen LogP) is 0.771. The highest BCUT2D eigenvalue weighted by Crippen LogP contribution is 2.08. The lowest BCUT2D eigenvalue weighted by atomic mass is 10.1. The van der Waals surface area contributed by atoms with Crippen LogP contribution in [0.3, 0.4) is 0 Å². The molecular weight excluding hydrogens is 192 g/mol. The van der Waals surface area contributed by atoms with Crippen molar-refractivity contribution in [2.75, 3.05) is 19.6 Å². The first-order valence-corrected chi connectivity index (χ1v) is 5.70. The third-order valence-corrected chi connectivity index (χ3v) is 2.91. The highest BCUT2D eigenvalue weighted by molar-refractivity contribution is 5.79. The Balaban J connectivity index is 2.15. The molecule has 4 nitrogen and oxygen atoms in total. The monoisotopic (exact) mass is 212 g/mol. The van der Waals surface area contributed by atoms with Gasteiger partial charge in [-0.2, -0.15) is 0 Å². The van der Waals surface area contributed by atoms with Crippen LogP contribution >= 0.6 is 0 Å². The van der Waals surface area contributed by atoms with E-state index in [-0.39, 0.29) is 17.7 Å². The van der Waals surface area contributed by atoms with E-state index in [0.717, 1.165) is 19.4 Å². The van der Waals surface area contributed by atoms with E-state index in [0.29, 0.717) is 19.5 Å². The van der Waals surface area contributed by atoms with Crippen molar-refractivity contribution >= 4 is 11.8 Å². The van der Waals surface area contributed by atoms with Crippen molar-refractivity contribution < 1.29 is 9.59 Å². The summed E-state index contributed by atoms with van der Waals surface area (Å²) >= 11 is 0. The van der Waals surface area contributed by atoms with Gasteiger partial charge in [-0.1, -0.05) is 13.8 Å². The first-order valence-electron chi connectivity index (χ1n) is 5.70. The molecule has 0 aromatic rings. The third-order valence-electron chi connectivity index (χ3n) is 2.91. The van der Waals surface area contributed by atoms with E-state index in [2.05, 4.69) is 5.32 Å². The summed E-state index contributed by atoms with van der Waals surface area (Å²) in [5.41, 5.74) is 0. The van der Waals surface area contributed by atoms with Crippen molar-refractivity contribution in [3.63, 3.8) is 0 Å². The topological polar surface area (TPSA) is 49.4 Å². The number of hydrogen-bond donors (Lipinski definition) is 1. The van der Waals surface area contributed by atoms with Crippen LogP contribution in [-0.2, 0) is 9.59 Å². The van der Waals surface area contributed by atoms with Crippen LogP contribution in [0.4, 0.5) is 0 Å². The lowest BCUT2D eigenvalue weighted by Crippen LogP contribution is -2.37. The van der Waals surface area contributed by atoms with E-state index in [4.69, 9.17) is 0 Å². The maximum atomic E-state index is 11.4. The summed E-state index contributed by atoms with van der Waals surface area (Å²) in [5.74, 6) is 0.371.